The molecule has 1 N–H and O–H groups in total. The van der Waals surface area contributed by atoms with Crippen molar-refractivity contribution in [1.82, 2.24) is 14.7 Å². The third-order valence-electron chi connectivity index (χ3n) is 2.48. The molecule has 0 aliphatic carbocycles. The molecular formula is C12H15N3OS. The zero-order chi connectivity index (χ0) is 12.1. The zero-order valence-electron chi connectivity index (χ0n) is 9.77. The van der Waals surface area contributed by atoms with Crippen molar-refractivity contribution in [2.75, 3.05) is 13.7 Å². The van der Waals surface area contributed by atoms with Gasteiger partial charge in [-0.05, 0) is 13.0 Å². The van der Waals surface area contributed by atoms with E-state index in [1.54, 1.807) is 18.4 Å². The third kappa shape index (κ3) is 2.60. The van der Waals surface area contributed by atoms with Gasteiger partial charge in [-0.15, -0.1) is 23.7 Å². The van der Waals surface area contributed by atoms with Crippen molar-refractivity contribution < 1.29 is 4.74 Å². The van der Waals surface area contributed by atoms with Crippen molar-refractivity contribution in [2.45, 2.75) is 19.4 Å². The van der Waals surface area contributed by atoms with Crippen LogP contribution in [0.4, 0.5) is 0 Å². The number of unbranched alkanes of at least 4 members (excludes halogenated alkanes) is 1. The lowest BCUT2D eigenvalue weighted by Crippen LogP contribution is -2.16. The number of imidazole rings is 1. The van der Waals surface area contributed by atoms with E-state index in [4.69, 9.17) is 11.2 Å². The molecule has 0 fully saturated rings. The van der Waals surface area contributed by atoms with Crippen LogP contribution in [-0.4, -0.2) is 23.0 Å². The smallest absolute Gasteiger partial charge is 0.237 e. The van der Waals surface area contributed by atoms with Crippen LogP contribution in [0.25, 0.3) is 4.96 Å². The Morgan fingerprint density at radius 1 is 1.65 bits per heavy atom. The van der Waals surface area contributed by atoms with Gasteiger partial charge in [0.2, 0.25) is 5.88 Å². The van der Waals surface area contributed by atoms with Gasteiger partial charge in [-0.3, -0.25) is 4.40 Å². The predicted molar refractivity (Wildman–Crippen MR) is 69.4 cm³/mol. The van der Waals surface area contributed by atoms with Gasteiger partial charge >= 0.3 is 0 Å². The summed E-state index contributed by atoms with van der Waals surface area (Å²) in [5, 5.41) is 5.36. The minimum atomic E-state index is 0.696. The van der Waals surface area contributed by atoms with Gasteiger partial charge in [0.05, 0.1) is 7.11 Å². The van der Waals surface area contributed by atoms with Crippen molar-refractivity contribution in [2.24, 2.45) is 0 Å². The Morgan fingerprint density at radius 2 is 2.53 bits per heavy atom. The summed E-state index contributed by atoms with van der Waals surface area (Å²) in [6.45, 7) is 1.65. The summed E-state index contributed by atoms with van der Waals surface area (Å²) in [5.41, 5.74) is 1.06. The second-order valence-corrected chi connectivity index (χ2v) is 4.48. The second kappa shape index (κ2) is 5.71. The number of hydrogen-bond donors (Lipinski definition) is 1. The van der Waals surface area contributed by atoms with Crippen LogP contribution in [0.15, 0.2) is 11.6 Å². The van der Waals surface area contributed by atoms with Gasteiger partial charge in [0.15, 0.2) is 4.96 Å². The average molecular weight is 249 g/mol. The van der Waals surface area contributed by atoms with E-state index in [1.807, 2.05) is 11.6 Å². The van der Waals surface area contributed by atoms with E-state index in [1.165, 1.54) is 0 Å². The van der Waals surface area contributed by atoms with E-state index in [-0.39, 0.29) is 0 Å². The molecule has 0 amide bonds. The van der Waals surface area contributed by atoms with Crippen molar-refractivity contribution >= 4 is 16.3 Å². The fraction of sp³-hybridized carbons (Fsp3) is 0.417. The van der Waals surface area contributed by atoms with Crippen LogP contribution in [0.3, 0.4) is 0 Å². The minimum absolute atomic E-state index is 0.696. The van der Waals surface area contributed by atoms with Gasteiger partial charge < -0.3 is 10.1 Å². The lowest BCUT2D eigenvalue weighted by Gasteiger charge is -2.04. The molecule has 0 aliphatic rings. The molecule has 0 saturated heterocycles. The van der Waals surface area contributed by atoms with Crippen LogP contribution in [0, 0.1) is 12.3 Å². The maximum atomic E-state index is 5.27. The maximum Gasteiger partial charge on any atom is 0.237 e. The molecule has 17 heavy (non-hydrogen) atoms. The number of terminal acetylenes is 1. The van der Waals surface area contributed by atoms with E-state index < -0.39 is 0 Å². The number of rotatable bonds is 6. The fourth-order valence-electron chi connectivity index (χ4n) is 1.66. The summed E-state index contributed by atoms with van der Waals surface area (Å²) in [5.74, 6) is 3.32. The normalized spacial score (nSPS) is 10.6. The standard InChI is InChI=1S/C12H15N3OS/c1-3-4-5-6-13-9-10-11(16-2)14-12-15(10)7-8-17-12/h1,7-8,13H,4-6,9H2,2H3. The lowest BCUT2D eigenvalue weighted by atomic mass is 10.3. The molecule has 0 spiro atoms. The van der Waals surface area contributed by atoms with E-state index in [0.717, 1.165) is 36.6 Å². The molecule has 0 bridgehead atoms. The third-order valence-corrected chi connectivity index (χ3v) is 3.24. The van der Waals surface area contributed by atoms with Crippen LogP contribution < -0.4 is 10.1 Å². The van der Waals surface area contributed by atoms with Crippen molar-refractivity contribution in [1.29, 1.82) is 0 Å². The molecule has 0 atom stereocenters. The van der Waals surface area contributed by atoms with Crippen molar-refractivity contribution in [3.63, 3.8) is 0 Å². The van der Waals surface area contributed by atoms with Crippen LogP contribution in [0.5, 0.6) is 5.88 Å². The zero-order valence-corrected chi connectivity index (χ0v) is 10.6. The monoisotopic (exact) mass is 249 g/mol. The molecule has 2 aromatic heterocycles. The number of aromatic nitrogens is 2. The Bertz CT molecular complexity index is 523. The van der Waals surface area contributed by atoms with Gasteiger partial charge in [-0.2, -0.15) is 4.98 Å². The Morgan fingerprint density at radius 3 is 3.29 bits per heavy atom. The molecule has 2 rings (SSSR count). The molecule has 5 heteroatoms. The summed E-state index contributed by atoms with van der Waals surface area (Å²) >= 11 is 1.60. The average Bonchev–Trinajstić information content (AvgIpc) is 2.90. The molecular weight excluding hydrogens is 234 g/mol. The second-order valence-electron chi connectivity index (χ2n) is 3.61. The highest BCUT2D eigenvalue weighted by molar-refractivity contribution is 7.15. The fourth-order valence-corrected chi connectivity index (χ4v) is 2.38. The summed E-state index contributed by atoms with van der Waals surface area (Å²) in [6, 6.07) is 0. The number of ether oxygens (including phenoxy) is 1. The molecule has 0 aromatic carbocycles. The number of nitrogens with one attached hydrogen (secondary N) is 1. The van der Waals surface area contributed by atoms with E-state index in [2.05, 4.69) is 20.6 Å². The van der Waals surface area contributed by atoms with Crippen LogP contribution in [0.2, 0.25) is 0 Å². The first-order valence-electron chi connectivity index (χ1n) is 5.49. The highest BCUT2D eigenvalue weighted by Crippen LogP contribution is 2.22. The first-order valence-corrected chi connectivity index (χ1v) is 6.37. The van der Waals surface area contributed by atoms with Crippen LogP contribution in [-0.2, 0) is 6.54 Å². The SMILES string of the molecule is C#CCCCNCc1c(OC)nc2sccn12. The number of methoxy groups -OCH3 is 1. The highest BCUT2D eigenvalue weighted by Gasteiger charge is 2.12. The Kier molecular flexibility index (Phi) is 4.02. The number of nitrogens with zero attached hydrogens (tertiary/aromatic N) is 2. The summed E-state index contributed by atoms with van der Waals surface area (Å²) in [6.07, 6.45) is 9.01. The number of hydrogen-bond acceptors (Lipinski definition) is 4. The summed E-state index contributed by atoms with van der Waals surface area (Å²) in [4.78, 5) is 5.35. The molecule has 0 unspecified atom stereocenters. The van der Waals surface area contributed by atoms with Gasteiger partial charge in [-0.25, -0.2) is 0 Å². The number of fused-ring (bicyclic) bond motifs is 1. The quantitative estimate of drug-likeness (QED) is 0.628. The topological polar surface area (TPSA) is 38.6 Å². The minimum Gasteiger partial charge on any atom is -0.480 e. The van der Waals surface area contributed by atoms with Gasteiger partial charge in [-0.1, -0.05) is 0 Å². The molecule has 4 nitrogen and oxygen atoms in total. The van der Waals surface area contributed by atoms with Gasteiger partial charge in [0, 0.05) is 24.5 Å². The molecule has 0 aliphatic heterocycles. The Hall–Kier alpha value is -1.51. The molecule has 0 radical (unpaired) electrons. The maximum absolute atomic E-state index is 5.27. The van der Waals surface area contributed by atoms with Crippen molar-refractivity contribution in [3.05, 3.63) is 17.3 Å². The van der Waals surface area contributed by atoms with Gasteiger partial charge in [0.25, 0.3) is 0 Å². The van der Waals surface area contributed by atoms with Crippen LogP contribution >= 0.6 is 11.3 Å². The molecule has 0 saturated carbocycles. The Labute approximate surface area is 105 Å². The van der Waals surface area contributed by atoms with E-state index in [0.29, 0.717) is 5.88 Å². The highest BCUT2D eigenvalue weighted by atomic mass is 32.1. The molecule has 90 valence electrons. The molecule has 2 heterocycles. The molecule has 2 aromatic rings. The predicted octanol–water partition coefficient (Wildman–Crippen LogP) is 1.91. The number of thiazole rings is 1. The van der Waals surface area contributed by atoms with Crippen molar-refractivity contribution in [3.8, 4) is 18.2 Å². The Balaban J connectivity index is 2.01. The lowest BCUT2D eigenvalue weighted by molar-refractivity contribution is 0.393. The summed E-state index contributed by atoms with van der Waals surface area (Å²) in [7, 11) is 1.65. The first-order chi connectivity index (χ1) is 8.36. The largest absolute Gasteiger partial charge is 0.480 e. The first kappa shape index (κ1) is 12.0. The van der Waals surface area contributed by atoms with Gasteiger partial charge in [0.1, 0.15) is 5.69 Å². The van der Waals surface area contributed by atoms with Crippen LogP contribution in [0.1, 0.15) is 18.5 Å². The van der Waals surface area contributed by atoms with E-state index in [9.17, 15) is 0 Å². The summed E-state index contributed by atoms with van der Waals surface area (Å²) < 4.78 is 7.32. The van der Waals surface area contributed by atoms with E-state index >= 15 is 0 Å².